The molecule has 1 aliphatic carbocycles. The Morgan fingerprint density at radius 1 is 1.15 bits per heavy atom. The minimum atomic E-state index is -4.43. The summed E-state index contributed by atoms with van der Waals surface area (Å²) in [4.78, 5) is 0. The second-order valence-corrected chi connectivity index (χ2v) is 5.51. The number of benzene rings is 1. The Bertz CT molecular complexity index is 443. The second kappa shape index (κ2) is 7.01. The average Bonchev–Trinajstić information content (AvgIpc) is 2.38. The molecule has 0 spiro atoms. The van der Waals surface area contributed by atoms with Gasteiger partial charge in [-0.25, -0.2) is 0 Å². The average molecular weight is 328 g/mol. The van der Waals surface area contributed by atoms with Crippen LogP contribution in [0.25, 0.3) is 0 Å². The number of nitrogens with two attached hydrogens (primary N) is 1. The minimum absolute atomic E-state index is 0. The fourth-order valence-corrected chi connectivity index (χ4v) is 3.13. The molecule has 2 N–H and O–H groups in total. The summed E-state index contributed by atoms with van der Waals surface area (Å²) in [5.41, 5.74) is 5.76. The summed E-state index contributed by atoms with van der Waals surface area (Å²) in [5.74, 6) is 0.231. The maximum absolute atomic E-state index is 12.8. The molecule has 0 radical (unpaired) electrons. The van der Waals surface area contributed by atoms with Gasteiger partial charge in [0.1, 0.15) is 0 Å². The summed E-state index contributed by atoms with van der Waals surface area (Å²) >= 11 is 5.91. The van der Waals surface area contributed by atoms with Crippen LogP contribution < -0.4 is 5.73 Å². The van der Waals surface area contributed by atoms with Crippen molar-refractivity contribution in [3.63, 3.8) is 0 Å². The highest BCUT2D eigenvalue weighted by Gasteiger charge is 2.35. The molecule has 114 valence electrons. The molecular weight excluding hydrogens is 310 g/mol. The molecule has 2 rings (SSSR count). The molecule has 0 aliphatic heterocycles. The SMILES string of the molecule is Cl.N[C@@H](c1cccc(C(F)(F)F)c1Cl)C1CCCCC1. The second-order valence-electron chi connectivity index (χ2n) is 5.13. The van der Waals surface area contributed by atoms with Crippen molar-refractivity contribution < 1.29 is 13.2 Å². The molecular formula is C14H18Cl2F3N. The van der Waals surface area contributed by atoms with E-state index in [0.717, 1.165) is 31.7 Å². The lowest BCUT2D eigenvalue weighted by Crippen LogP contribution is -2.24. The van der Waals surface area contributed by atoms with E-state index in [0.29, 0.717) is 5.56 Å². The summed E-state index contributed by atoms with van der Waals surface area (Å²) in [5, 5.41) is -0.243. The topological polar surface area (TPSA) is 26.0 Å². The highest BCUT2D eigenvalue weighted by atomic mass is 35.5. The Kier molecular flexibility index (Phi) is 6.17. The van der Waals surface area contributed by atoms with Gasteiger partial charge in [0.2, 0.25) is 0 Å². The number of hydrogen-bond donors (Lipinski definition) is 1. The minimum Gasteiger partial charge on any atom is -0.324 e. The zero-order chi connectivity index (χ0) is 14.0. The van der Waals surface area contributed by atoms with Crippen LogP contribution in [-0.4, -0.2) is 0 Å². The zero-order valence-corrected chi connectivity index (χ0v) is 12.5. The van der Waals surface area contributed by atoms with Crippen molar-refractivity contribution in [2.45, 2.75) is 44.3 Å². The first kappa shape index (κ1) is 17.6. The molecule has 1 atom stereocenters. The highest BCUT2D eigenvalue weighted by molar-refractivity contribution is 6.32. The van der Waals surface area contributed by atoms with Gasteiger partial charge in [0, 0.05) is 6.04 Å². The van der Waals surface area contributed by atoms with E-state index >= 15 is 0 Å². The molecule has 0 aromatic heterocycles. The lowest BCUT2D eigenvalue weighted by molar-refractivity contribution is -0.137. The summed E-state index contributed by atoms with van der Waals surface area (Å²) in [6.07, 6.45) is 0.865. The molecule has 0 unspecified atom stereocenters. The van der Waals surface area contributed by atoms with Crippen LogP contribution in [0.15, 0.2) is 18.2 Å². The predicted octanol–water partition coefficient (Wildman–Crippen LogP) is 5.36. The predicted molar refractivity (Wildman–Crippen MR) is 77.2 cm³/mol. The van der Waals surface area contributed by atoms with Crippen LogP contribution in [0.5, 0.6) is 0 Å². The molecule has 1 aromatic rings. The molecule has 1 nitrogen and oxygen atoms in total. The van der Waals surface area contributed by atoms with Gasteiger partial charge >= 0.3 is 6.18 Å². The van der Waals surface area contributed by atoms with E-state index in [4.69, 9.17) is 17.3 Å². The Hall–Kier alpha value is -0.450. The summed E-state index contributed by atoms with van der Waals surface area (Å²) in [6, 6.07) is 3.58. The van der Waals surface area contributed by atoms with Crippen molar-refractivity contribution in [3.8, 4) is 0 Å². The fraction of sp³-hybridized carbons (Fsp3) is 0.571. The highest BCUT2D eigenvalue weighted by Crippen LogP contribution is 2.41. The van der Waals surface area contributed by atoms with Crippen LogP contribution in [0.3, 0.4) is 0 Å². The molecule has 0 saturated heterocycles. The monoisotopic (exact) mass is 327 g/mol. The summed E-state index contributed by atoms with van der Waals surface area (Å²) < 4.78 is 38.4. The Balaban J connectivity index is 0.00000200. The Morgan fingerprint density at radius 3 is 2.30 bits per heavy atom. The molecule has 20 heavy (non-hydrogen) atoms. The van der Waals surface area contributed by atoms with Gasteiger partial charge in [0.25, 0.3) is 0 Å². The van der Waals surface area contributed by atoms with E-state index in [1.165, 1.54) is 12.5 Å². The zero-order valence-electron chi connectivity index (χ0n) is 10.9. The van der Waals surface area contributed by atoms with Gasteiger partial charge in [-0.3, -0.25) is 0 Å². The third kappa shape index (κ3) is 3.80. The van der Waals surface area contributed by atoms with E-state index in [1.807, 2.05) is 0 Å². The van der Waals surface area contributed by atoms with Crippen LogP contribution in [-0.2, 0) is 6.18 Å². The smallest absolute Gasteiger partial charge is 0.324 e. The maximum Gasteiger partial charge on any atom is 0.417 e. The Labute approximate surface area is 128 Å². The third-order valence-corrected chi connectivity index (χ3v) is 4.27. The van der Waals surface area contributed by atoms with Gasteiger partial charge in [-0.05, 0) is 30.4 Å². The lowest BCUT2D eigenvalue weighted by atomic mass is 9.81. The van der Waals surface area contributed by atoms with Crippen molar-refractivity contribution in [2.75, 3.05) is 0 Å². The largest absolute Gasteiger partial charge is 0.417 e. The molecule has 0 amide bonds. The first-order chi connectivity index (χ1) is 8.91. The van der Waals surface area contributed by atoms with E-state index in [2.05, 4.69) is 0 Å². The molecule has 6 heteroatoms. The van der Waals surface area contributed by atoms with Crippen molar-refractivity contribution in [1.82, 2.24) is 0 Å². The first-order valence-corrected chi connectivity index (χ1v) is 6.90. The van der Waals surface area contributed by atoms with Crippen LogP contribution >= 0.6 is 24.0 Å². The molecule has 0 heterocycles. The molecule has 0 bridgehead atoms. The molecule has 1 fully saturated rings. The third-order valence-electron chi connectivity index (χ3n) is 3.85. The van der Waals surface area contributed by atoms with Crippen LogP contribution in [0.2, 0.25) is 5.02 Å². The van der Waals surface area contributed by atoms with Crippen molar-refractivity contribution in [3.05, 3.63) is 34.3 Å². The summed E-state index contributed by atoms with van der Waals surface area (Å²) in [7, 11) is 0. The molecule has 1 aromatic carbocycles. The van der Waals surface area contributed by atoms with Crippen LogP contribution in [0, 0.1) is 5.92 Å². The molecule has 1 aliphatic rings. The Morgan fingerprint density at radius 2 is 1.75 bits per heavy atom. The van der Waals surface area contributed by atoms with Gasteiger partial charge in [0.15, 0.2) is 0 Å². The maximum atomic E-state index is 12.8. The van der Waals surface area contributed by atoms with Gasteiger partial charge < -0.3 is 5.73 Å². The van der Waals surface area contributed by atoms with Crippen molar-refractivity contribution in [2.24, 2.45) is 11.7 Å². The van der Waals surface area contributed by atoms with Gasteiger partial charge in [0.05, 0.1) is 10.6 Å². The standard InChI is InChI=1S/C14H17ClF3N.ClH/c15-12-10(7-4-8-11(12)14(16,17)18)13(19)9-5-2-1-3-6-9;/h4,7-9,13H,1-3,5-6,19H2;1H/t13-;/m1./s1. The normalized spacial score (nSPS) is 18.4. The van der Waals surface area contributed by atoms with Crippen LogP contribution in [0.1, 0.15) is 49.3 Å². The number of halogens is 5. The van der Waals surface area contributed by atoms with E-state index in [9.17, 15) is 13.2 Å². The fourth-order valence-electron chi connectivity index (χ4n) is 2.77. The van der Waals surface area contributed by atoms with E-state index < -0.39 is 17.8 Å². The van der Waals surface area contributed by atoms with Crippen molar-refractivity contribution >= 4 is 24.0 Å². The first-order valence-electron chi connectivity index (χ1n) is 6.52. The quantitative estimate of drug-likeness (QED) is 0.777. The van der Waals surface area contributed by atoms with Crippen molar-refractivity contribution in [1.29, 1.82) is 0 Å². The number of rotatable bonds is 2. The van der Waals surface area contributed by atoms with E-state index in [-0.39, 0.29) is 23.3 Å². The lowest BCUT2D eigenvalue weighted by Gasteiger charge is -2.28. The number of alkyl halides is 3. The van der Waals surface area contributed by atoms with Gasteiger partial charge in [-0.15, -0.1) is 12.4 Å². The number of hydrogen-bond acceptors (Lipinski definition) is 1. The van der Waals surface area contributed by atoms with Crippen LogP contribution in [0.4, 0.5) is 13.2 Å². The van der Waals surface area contributed by atoms with Gasteiger partial charge in [-0.1, -0.05) is 43.0 Å². The van der Waals surface area contributed by atoms with Gasteiger partial charge in [-0.2, -0.15) is 13.2 Å². The van der Waals surface area contributed by atoms with E-state index in [1.54, 1.807) is 6.07 Å². The summed E-state index contributed by atoms with van der Waals surface area (Å²) in [6.45, 7) is 0. The molecule has 1 saturated carbocycles.